The third-order valence-corrected chi connectivity index (χ3v) is 3.93. The van der Waals surface area contributed by atoms with Crippen molar-refractivity contribution in [1.82, 2.24) is 5.43 Å². The summed E-state index contributed by atoms with van der Waals surface area (Å²) in [5, 5.41) is 4.14. The van der Waals surface area contributed by atoms with Crippen LogP contribution in [0.15, 0.2) is 52.0 Å². The number of carbonyl (C=O) groups is 1. The quantitative estimate of drug-likeness (QED) is 0.674. The zero-order chi connectivity index (χ0) is 15.5. The molecule has 0 radical (unpaired) electrons. The van der Waals surface area contributed by atoms with Gasteiger partial charge < -0.3 is 9.47 Å². The van der Waals surface area contributed by atoms with Crippen LogP contribution < -0.4 is 14.9 Å². The van der Waals surface area contributed by atoms with Gasteiger partial charge in [-0.15, -0.1) is 0 Å². The van der Waals surface area contributed by atoms with Gasteiger partial charge in [-0.3, -0.25) is 4.79 Å². The van der Waals surface area contributed by atoms with E-state index in [1.807, 2.05) is 37.3 Å². The van der Waals surface area contributed by atoms with Gasteiger partial charge in [0.25, 0.3) is 5.91 Å². The lowest BCUT2D eigenvalue weighted by molar-refractivity contribution is 0.0954. The molecule has 0 saturated heterocycles. The van der Waals surface area contributed by atoms with Crippen LogP contribution in [0.1, 0.15) is 22.8 Å². The van der Waals surface area contributed by atoms with E-state index in [4.69, 9.17) is 9.47 Å². The van der Waals surface area contributed by atoms with Gasteiger partial charge in [0.2, 0.25) is 6.79 Å². The Hall–Kier alpha value is -2.34. The Morgan fingerprint density at radius 2 is 1.95 bits per heavy atom. The fraction of sp³-hybridized carbons (Fsp3) is 0.125. The van der Waals surface area contributed by atoms with Gasteiger partial charge in [-0.05, 0) is 53.2 Å². The van der Waals surface area contributed by atoms with E-state index in [-0.39, 0.29) is 12.7 Å². The van der Waals surface area contributed by atoms with E-state index in [0.717, 1.165) is 10.0 Å². The van der Waals surface area contributed by atoms with Gasteiger partial charge in [0.1, 0.15) is 0 Å². The standard InChI is InChI=1S/C16H13BrN2O3/c1-10(11-6-7-14-15(8-11)22-9-21-14)18-19-16(20)12-4-2-3-5-13(12)17/h2-8H,9H2,1H3,(H,19,20)/b18-10-. The minimum absolute atomic E-state index is 0.230. The Kier molecular flexibility index (Phi) is 4.11. The number of hydrazone groups is 1. The highest BCUT2D eigenvalue weighted by molar-refractivity contribution is 9.10. The first-order valence-electron chi connectivity index (χ1n) is 6.64. The van der Waals surface area contributed by atoms with E-state index in [2.05, 4.69) is 26.5 Å². The van der Waals surface area contributed by atoms with E-state index in [1.54, 1.807) is 12.1 Å². The SMILES string of the molecule is C/C(=N/NC(=O)c1ccccc1Br)c1ccc2c(c1)OCO2. The summed E-state index contributed by atoms with van der Waals surface area (Å²) >= 11 is 3.34. The minimum atomic E-state index is -0.271. The Morgan fingerprint density at radius 1 is 1.18 bits per heavy atom. The van der Waals surface area contributed by atoms with E-state index in [1.165, 1.54) is 0 Å². The molecule has 1 heterocycles. The van der Waals surface area contributed by atoms with Gasteiger partial charge in [0, 0.05) is 10.0 Å². The normalized spacial score (nSPS) is 13.1. The molecule has 3 rings (SSSR count). The fourth-order valence-corrected chi connectivity index (χ4v) is 2.49. The van der Waals surface area contributed by atoms with Gasteiger partial charge in [-0.2, -0.15) is 5.10 Å². The molecule has 0 unspecified atom stereocenters. The van der Waals surface area contributed by atoms with E-state index in [9.17, 15) is 4.79 Å². The number of benzene rings is 2. The van der Waals surface area contributed by atoms with Crippen LogP contribution in [-0.2, 0) is 0 Å². The number of amides is 1. The monoisotopic (exact) mass is 360 g/mol. The molecule has 1 N–H and O–H groups in total. The van der Waals surface area contributed by atoms with Crippen LogP contribution in [0, 0.1) is 0 Å². The molecule has 0 aliphatic carbocycles. The van der Waals surface area contributed by atoms with Crippen molar-refractivity contribution < 1.29 is 14.3 Å². The van der Waals surface area contributed by atoms with Crippen molar-refractivity contribution in [2.75, 3.05) is 6.79 Å². The van der Waals surface area contributed by atoms with Crippen LogP contribution in [-0.4, -0.2) is 18.4 Å². The third kappa shape index (κ3) is 2.96. The Balaban J connectivity index is 1.75. The number of nitrogens with zero attached hydrogens (tertiary/aromatic N) is 1. The molecule has 1 aliphatic rings. The molecule has 0 fully saturated rings. The van der Waals surface area contributed by atoms with Crippen molar-refractivity contribution in [2.24, 2.45) is 5.10 Å². The molecule has 0 aromatic heterocycles. The number of hydrogen-bond donors (Lipinski definition) is 1. The van der Waals surface area contributed by atoms with Gasteiger partial charge in [-0.25, -0.2) is 5.43 Å². The van der Waals surface area contributed by atoms with Crippen molar-refractivity contribution in [1.29, 1.82) is 0 Å². The Labute approximate surface area is 136 Å². The molecule has 0 bridgehead atoms. The van der Waals surface area contributed by atoms with Crippen LogP contribution in [0.3, 0.4) is 0 Å². The number of carbonyl (C=O) groups excluding carboxylic acids is 1. The summed E-state index contributed by atoms with van der Waals surface area (Å²) in [6.45, 7) is 2.05. The molecule has 1 amide bonds. The molecule has 1 aliphatic heterocycles. The van der Waals surface area contributed by atoms with Gasteiger partial charge >= 0.3 is 0 Å². The van der Waals surface area contributed by atoms with Crippen molar-refractivity contribution in [3.05, 3.63) is 58.1 Å². The highest BCUT2D eigenvalue weighted by Gasteiger charge is 2.14. The summed E-state index contributed by atoms with van der Waals surface area (Å²) < 4.78 is 11.3. The topological polar surface area (TPSA) is 59.9 Å². The second kappa shape index (κ2) is 6.19. The molecule has 6 heteroatoms. The average molecular weight is 361 g/mol. The first kappa shape index (κ1) is 14.6. The minimum Gasteiger partial charge on any atom is -0.454 e. The second-order valence-electron chi connectivity index (χ2n) is 4.69. The molecule has 2 aromatic rings. The first-order chi connectivity index (χ1) is 10.6. The highest BCUT2D eigenvalue weighted by Crippen LogP contribution is 2.32. The summed E-state index contributed by atoms with van der Waals surface area (Å²) in [7, 11) is 0. The smallest absolute Gasteiger partial charge is 0.272 e. The van der Waals surface area contributed by atoms with Crippen LogP contribution >= 0.6 is 15.9 Å². The molecular formula is C16H13BrN2O3. The van der Waals surface area contributed by atoms with Crippen molar-refractivity contribution in [3.63, 3.8) is 0 Å². The maximum absolute atomic E-state index is 12.1. The van der Waals surface area contributed by atoms with E-state index in [0.29, 0.717) is 22.8 Å². The number of hydrogen-bond acceptors (Lipinski definition) is 4. The van der Waals surface area contributed by atoms with Crippen molar-refractivity contribution in [3.8, 4) is 11.5 Å². The Morgan fingerprint density at radius 3 is 2.77 bits per heavy atom. The summed E-state index contributed by atoms with van der Waals surface area (Å²) in [6.07, 6.45) is 0. The number of rotatable bonds is 3. The summed E-state index contributed by atoms with van der Waals surface area (Å²) in [6, 6.07) is 12.7. The Bertz CT molecular complexity index is 759. The zero-order valence-corrected chi connectivity index (χ0v) is 13.4. The molecule has 0 saturated carbocycles. The average Bonchev–Trinajstić information content (AvgIpc) is 3.00. The number of fused-ring (bicyclic) bond motifs is 1. The van der Waals surface area contributed by atoms with Gasteiger partial charge in [-0.1, -0.05) is 12.1 Å². The second-order valence-corrected chi connectivity index (χ2v) is 5.54. The molecule has 0 atom stereocenters. The van der Waals surface area contributed by atoms with Crippen molar-refractivity contribution in [2.45, 2.75) is 6.92 Å². The lowest BCUT2D eigenvalue weighted by Gasteiger charge is -2.05. The number of halogens is 1. The summed E-state index contributed by atoms with van der Waals surface area (Å²) in [5.41, 5.74) is 4.62. The molecule has 112 valence electrons. The highest BCUT2D eigenvalue weighted by atomic mass is 79.9. The van der Waals surface area contributed by atoms with E-state index < -0.39 is 0 Å². The third-order valence-electron chi connectivity index (χ3n) is 3.23. The zero-order valence-electron chi connectivity index (χ0n) is 11.8. The predicted octanol–water partition coefficient (Wildman–Crippen LogP) is 3.33. The first-order valence-corrected chi connectivity index (χ1v) is 7.43. The summed E-state index contributed by atoms with van der Waals surface area (Å²) in [4.78, 5) is 12.1. The lowest BCUT2D eigenvalue weighted by atomic mass is 10.1. The van der Waals surface area contributed by atoms with Crippen molar-refractivity contribution >= 4 is 27.5 Å². The molecular weight excluding hydrogens is 348 g/mol. The number of ether oxygens (including phenoxy) is 2. The van der Waals surface area contributed by atoms with Gasteiger partial charge in [0.05, 0.1) is 11.3 Å². The number of nitrogens with one attached hydrogen (secondary N) is 1. The lowest BCUT2D eigenvalue weighted by Crippen LogP contribution is -2.19. The maximum Gasteiger partial charge on any atom is 0.272 e. The molecule has 5 nitrogen and oxygen atoms in total. The van der Waals surface area contributed by atoms with Crippen LogP contribution in [0.4, 0.5) is 0 Å². The molecule has 22 heavy (non-hydrogen) atoms. The maximum atomic E-state index is 12.1. The fourth-order valence-electron chi connectivity index (χ4n) is 2.03. The molecule has 2 aromatic carbocycles. The predicted molar refractivity (Wildman–Crippen MR) is 86.4 cm³/mol. The largest absolute Gasteiger partial charge is 0.454 e. The van der Waals surface area contributed by atoms with Gasteiger partial charge in [0.15, 0.2) is 11.5 Å². The van der Waals surface area contributed by atoms with Crippen LogP contribution in [0.2, 0.25) is 0 Å². The van der Waals surface area contributed by atoms with Crippen LogP contribution in [0.5, 0.6) is 11.5 Å². The summed E-state index contributed by atoms with van der Waals surface area (Å²) in [5.74, 6) is 1.13. The van der Waals surface area contributed by atoms with Crippen LogP contribution in [0.25, 0.3) is 0 Å². The van der Waals surface area contributed by atoms with E-state index >= 15 is 0 Å². The molecule has 0 spiro atoms.